The maximum absolute atomic E-state index is 9.75. The van der Waals surface area contributed by atoms with E-state index in [0.29, 0.717) is 5.41 Å². The first-order chi connectivity index (χ1) is 8.79. The SMILES string of the molecule is C=COC(C)=O.CC(C)(C)c1ccccc1.O=CO. The van der Waals surface area contributed by atoms with Crippen LogP contribution in [-0.4, -0.2) is 17.5 Å². The number of benzene rings is 1. The summed E-state index contributed by atoms with van der Waals surface area (Å²) < 4.78 is 4.17. The number of hydrogen-bond acceptors (Lipinski definition) is 3. The molecule has 0 unspecified atom stereocenters. The van der Waals surface area contributed by atoms with Crippen LogP contribution in [0.5, 0.6) is 0 Å². The van der Waals surface area contributed by atoms with Crippen LogP contribution in [0, 0.1) is 0 Å². The summed E-state index contributed by atoms with van der Waals surface area (Å²) in [4.78, 5) is 18.1. The summed E-state index contributed by atoms with van der Waals surface area (Å²) in [6.07, 6.45) is 1.10. The van der Waals surface area contributed by atoms with Gasteiger partial charge in [0.15, 0.2) is 0 Å². The zero-order chi connectivity index (χ0) is 15.3. The Morgan fingerprint density at radius 2 is 1.68 bits per heavy atom. The predicted molar refractivity (Wildman–Crippen MR) is 75.8 cm³/mol. The molecule has 1 N–H and O–H groups in total. The van der Waals surface area contributed by atoms with Crippen LogP contribution < -0.4 is 0 Å². The Balaban J connectivity index is 0. The van der Waals surface area contributed by atoms with Gasteiger partial charge in [-0.25, -0.2) is 0 Å². The fourth-order valence-electron chi connectivity index (χ4n) is 1.06. The smallest absolute Gasteiger partial charge is 0.307 e. The molecule has 0 heterocycles. The van der Waals surface area contributed by atoms with Crippen LogP contribution in [0.25, 0.3) is 0 Å². The normalized spacial score (nSPS) is 8.84. The van der Waals surface area contributed by atoms with Gasteiger partial charge >= 0.3 is 5.97 Å². The van der Waals surface area contributed by atoms with Crippen LogP contribution in [0.3, 0.4) is 0 Å². The third kappa shape index (κ3) is 13.8. The van der Waals surface area contributed by atoms with Crippen molar-refractivity contribution >= 4 is 12.4 Å². The van der Waals surface area contributed by atoms with Gasteiger partial charge in [0.25, 0.3) is 6.47 Å². The number of esters is 1. The molecule has 4 nitrogen and oxygen atoms in total. The number of hydrogen-bond donors (Lipinski definition) is 1. The van der Waals surface area contributed by atoms with Crippen LogP contribution >= 0.6 is 0 Å². The van der Waals surface area contributed by atoms with Crippen molar-refractivity contribution in [2.24, 2.45) is 0 Å². The number of carboxylic acid groups (broad SMARTS) is 1. The minimum Gasteiger partial charge on any atom is -0.483 e. The van der Waals surface area contributed by atoms with E-state index in [0.717, 1.165) is 6.26 Å². The average Bonchev–Trinajstić information content (AvgIpc) is 2.31. The predicted octanol–water partition coefficient (Wildman–Crippen LogP) is 3.38. The highest BCUT2D eigenvalue weighted by molar-refractivity contribution is 5.66. The number of carbonyl (C=O) groups is 2. The molecule has 0 aliphatic heterocycles. The standard InChI is InChI=1S/C10H14.C4H6O2.CH2O2/c1-10(2,3)9-7-5-4-6-8-9;1-3-6-4(2)5;2-1-3/h4-8H,1-3H3;3H,1H2,2H3;1H,(H,2,3). The van der Waals surface area contributed by atoms with Crippen molar-refractivity contribution in [1.29, 1.82) is 0 Å². The Bertz CT molecular complexity index is 363. The van der Waals surface area contributed by atoms with Crippen LogP contribution in [0.2, 0.25) is 0 Å². The van der Waals surface area contributed by atoms with Gasteiger partial charge in [-0.3, -0.25) is 9.59 Å². The minimum absolute atomic E-state index is 0.250. The lowest BCUT2D eigenvalue weighted by Crippen LogP contribution is -2.10. The number of rotatable bonds is 1. The molecule has 0 radical (unpaired) electrons. The first-order valence-corrected chi connectivity index (χ1v) is 5.71. The van der Waals surface area contributed by atoms with E-state index in [9.17, 15) is 4.79 Å². The highest BCUT2D eigenvalue weighted by Crippen LogP contribution is 2.20. The third-order valence-electron chi connectivity index (χ3n) is 1.89. The van der Waals surface area contributed by atoms with E-state index in [-0.39, 0.29) is 12.4 Å². The fraction of sp³-hybridized carbons (Fsp3) is 0.333. The second-order valence-electron chi connectivity index (χ2n) is 4.50. The van der Waals surface area contributed by atoms with Gasteiger partial charge in [0.2, 0.25) is 0 Å². The Morgan fingerprint density at radius 3 is 1.84 bits per heavy atom. The van der Waals surface area contributed by atoms with Gasteiger partial charge < -0.3 is 9.84 Å². The minimum atomic E-state index is -0.329. The highest BCUT2D eigenvalue weighted by Gasteiger charge is 2.11. The van der Waals surface area contributed by atoms with E-state index in [2.05, 4.69) is 62.4 Å². The van der Waals surface area contributed by atoms with Crippen molar-refractivity contribution in [1.82, 2.24) is 0 Å². The van der Waals surface area contributed by atoms with E-state index in [1.165, 1.54) is 12.5 Å². The summed E-state index contributed by atoms with van der Waals surface area (Å²) in [6.45, 7) is 10.9. The number of carbonyl (C=O) groups excluding carboxylic acids is 1. The Labute approximate surface area is 114 Å². The van der Waals surface area contributed by atoms with Crippen molar-refractivity contribution in [3.8, 4) is 0 Å². The Kier molecular flexibility index (Phi) is 11.2. The monoisotopic (exact) mass is 266 g/mol. The lowest BCUT2D eigenvalue weighted by Gasteiger charge is -2.18. The third-order valence-corrected chi connectivity index (χ3v) is 1.89. The van der Waals surface area contributed by atoms with Gasteiger partial charge in [-0.1, -0.05) is 57.7 Å². The molecule has 0 saturated carbocycles. The zero-order valence-corrected chi connectivity index (χ0v) is 11.9. The first kappa shape index (κ1) is 19.2. The van der Waals surface area contributed by atoms with Gasteiger partial charge in [0, 0.05) is 6.92 Å². The molecule has 0 saturated heterocycles. The quantitative estimate of drug-likeness (QED) is 0.481. The van der Waals surface area contributed by atoms with Crippen molar-refractivity contribution in [2.45, 2.75) is 33.1 Å². The van der Waals surface area contributed by atoms with Crippen molar-refractivity contribution < 1.29 is 19.4 Å². The molecule has 0 aliphatic carbocycles. The zero-order valence-electron chi connectivity index (χ0n) is 11.9. The van der Waals surface area contributed by atoms with E-state index < -0.39 is 0 Å². The molecule has 1 aromatic rings. The molecule has 0 bridgehead atoms. The first-order valence-electron chi connectivity index (χ1n) is 5.71. The second-order valence-corrected chi connectivity index (χ2v) is 4.50. The molecule has 0 aliphatic rings. The molecule has 0 amide bonds. The lowest BCUT2D eigenvalue weighted by atomic mass is 9.87. The molecule has 1 aromatic carbocycles. The molecule has 0 fully saturated rings. The maximum Gasteiger partial charge on any atom is 0.307 e. The van der Waals surface area contributed by atoms with Crippen LogP contribution in [0.15, 0.2) is 43.2 Å². The number of ether oxygens (including phenoxy) is 1. The summed E-state index contributed by atoms with van der Waals surface area (Å²) in [5, 5.41) is 6.89. The maximum atomic E-state index is 9.75. The van der Waals surface area contributed by atoms with E-state index in [1.54, 1.807) is 0 Å². The fourth-order valence-corrected chi connectivity index (χ4v) is 1.06. The average molecular weight is 266 g/mol. The molecule has 19 heavy (non-hydrogen) atoms. The molecular formula is C15H22O4. The summed E-state index contributed by atoms with van der Waals surface area (Å²) in [6, 6.07) is 10.6. The molecule has 106 valence electrons. The molecule has 1 rings (SSSR count). The molecule has 0 spiro atoms. The Morgan fingerprint density at radius 1 is 1.26 bits per heavy atom. The van der Waals surface area contributed by atoms with Gasteiger partial charge in [-0.05, 0) is 11.0 Å². The van der Waals surface area contributed by atoms with Gasteiger partial charge in [0.05, 0.1) is 6.26 Å². The van der Waals surface area contributed by atoms with E-state index >= 15 is 0 Å². The Hall–Kier alpha value is -2.10. The van der Waals surface area contributed by atoms with E-state index in [4.69, 9.17) is 9.90 Å². The summed E-state index contributed by atoms with van der Waals surface area (Å²) in [5.74, 6) is -0.329. The van der Waals surface area contributed by atoms with Crippen LogP contribution in [-0.2, 0) is 19.7 Å². The largest absolute Gasteiger partial charge is 0.483 e. The topological polar surface area (TPSA) is 63.6 Å². The lowest BCUT2D eigenvalue weighted by molar-refractivity contribution is -0.135. The molecular weight excluding hydrogens is 244 g/mol. The van der Waals surface area contributed by atoms with Gasteiger partial charge in [-0.2, -0.15) is 0 Å². The van der Waals surface area contributed by atoms with Gasteiger partial charge in [0.1, 0.15) is 0 Å². The van der Waals surface area contributed by atoms with Gasteiger partial charge in [-0.15, -0.1) is 0 Å². The molecule has 0 aromatic heterocycles. The van der Waals surface area contributed by atoms with Crippen molar-refractivity contribution in [2.75, 3.05) is 0 Å². The summed E-state index contributed by atoms with van der Waals surface area (Å²) in [7, 11) is 0. The second kappa shape index (κ2) is 11.0. The van der Waals surface area contributed by atoms with Crippen molar-refractivity contribution in [3.63, 3.8) is 0 Å². The summed E-state index contributed by atoms with van der Waals surface area (Å²) >= 11 is 0. The summed E-state index contributed by atoms with van der Waals surface area (Å²) in [5.41, 5.74) is 1.69. The van der Waals surface area contributed by atoms with Crippen LogP contribution in [0.1, 0.15) is 33.3 Å². The molecule has 4 heteroatoms. The highest BCUT2D eigenvalue weighted by atomic mass is 16.5. The molecule has 0 atom stereocenters. The van der Waals surface area contributed by atoms with Crippen molar-refractivity contribution in [3.05, 3.63) is 48.7 Å². The van der Waals surface area contributed by atoms with E-state index in [1.807, 2.05) is 0 Å². The van der Waals surface area contributed by atoms with Crippen LogP contribution in [0.4, 0.5) is 0 Å².